The highest BCUT2D eigenvalue weighted by Crippen LogP contribution is 2.30. The Hall–Kier alpha value is -1.69. The molecular weight excluding hydrogens is 264 g/mol. The second-order valence-corrected chi connectivity index (χ2v) is 6.26. The Kier molecular flexibility index (Phi) is 3.71. The van der Waals surface area contributed by atoms with Gasteiger partial charge in [0.05, 0.1) is 11.3 Å². The Morgan fingerprint density at radius 1 is 1.47 bits per heavy atom. The Balaban J connectivity index is 2.14. The van der Waals surface area contributed by atoms with Gasteiger partial charge in [-0.25, -0.2) is 0 Å². The quantitative estimate of drug-likeness (QED) is 0.910. The topological polar surface area (TPSA) is 76.2 Å². The Morgan fingerprint density at radius 3 is 2.79 bits per heavy atom. The molecular formula is C13H16N2O3S. The van der Waals surface area contributed by atoms with Crippen LogP contribution in [0.25, 0.3) is 10.8 Å². The number of hydrogen-bond donors (Lipinski definition) is 1. The number of aromatic nitrogens is 2. The molecule has 0 radical (unpaired) electrons. The van der Waals surface area contributed by atoms with Crippen LogP contribution >= 0.6 is 11.3 Å². The molecule has 0 bridgehead atoms. The molecule has 0 atom stereocenters. The zero-order valence-electron chi connectivity index (χ0n) is 11.1. The molecule has 0 amide bonds. The lowest BCUT2D eigenvalue weighted by Gasteiger charge is -2.19. The molecule has 2 aromatic heterocycles. The van der Waals surface area contributed by atoms with Crippen molar-refractivity contribution >= 4 is 17.3 Å². The average Bonchev–Trinajstić information content (AvgIpc) is 2.84. The van der Waals surface area contributed by atoms with Gasteiger partial charge in [0, 0.05) is 6.42 Å². The van der Waals surface area contributed by atoms with E-state index < -0.39 is 11.4 Å². The summed E-state index contributed by atoms with van der Waals surface area (Å²) in [4.78, 5) is 11.7. The molecule has 2 aromatic rings. The van der Waals surface area contributed by atoms with Gasteiger partial charge in [-0.05, 0) is 29.3 Å². The SMILES string of the molecule is Cc1ccsc1-c1nnc(CC(C)(C)CC(=O)O)o1. The van der Waals surface area contributed by atoms with E-state index in [0.29, 0.717) is 18.2 Å². The molecule has 0 saturated heterocycles. The number of thiophene rings is 1. The molecule has 0 aliphatic carbocycles. The number of aryl methyl sites for hydroxylation is 1. The van der Waals surface area contributed by atoms with E-state index in [0.717, 1.165) is 10.4 Å². The molecule has 2 rings (SSSR count). The van der Waals surface area contributed by atoms with E-state index in [1.807, 2.05) is 32.2 Å². The molecule has 0 unspecified atom stereocenters. The number of aliphatic carboxylic acids is 1. The van der Waals surface area contributed by atoms with Crippen molar-refractivity contribution in [3.05, 3.63) is 22.9 Å². The minimum atomic E-state index is -0.821. The van der Waals surface area contributed by atoms with E-state index >= 15 is 0 Å². The standard InChI is InChI=1S/C13H16N2O3S/c1-8-4-5-19-11(8)12-15-14-9(18-12)6-13(2,3)7-10(16)17/h4-5H,6-7H2,1-3H3,(H,16,17). The number of carboxylic acid groups (broad SMARTS) is 1. The summed E-state index contributed by atoms with van der Waals surface area (Å²) in [5, 5.41) is 18.9. The van der Waals surface area contributed by atoms with Gasteiger partial charge in [-0.1, -0.05) is 13.8 Å². The van der Waals surface area contributed by atoms with Gasteiger partial charge in [0.15, 0.2) is 0 Å². The van der Waals surface area contributed by atoms with Crippen molar-refractivity contribution in [2.24, 2.45) is 5.41 Å². The van der Waals surface area contributed by atoms with Crippen LogP contribution in [0, 0.1) is 12.3 Å². The van der Waals surface area contributed by atoms with Crippen LogP contribution in [0.5, 0.6) is 0 Å². The summed E-state index contributed by atoms with van der Waals surface area (Å²) in [6, 6.07) is 2.00. The number of nitrogens with zero attached hydrogens (tertiary/aromatic N) is 2. The fourth-order valence-corrected chi connectivity index (χ4v) is 2.74. The molecule has 0 aromatic carbocycles. The maximum absolute atomic E-state index is 10.8. The molecule has 0 aliphatic heterocycles. The van der Waals surface area contributed by atoms with Crippen LogP contribution in [0.4, 0.5) is 0 Å². The third-order valence-electron chi connectivity index (χ3n) is 2.78. The first kappa shape index (κ1) is 13.7. The Bertz CT molecular complexity index is 586. The second-order valence-electron chi connectivity index (χ2n) is 5.35. The van der Waals surface area contributed by atoms with Crippen molar-refractivity contribution in [1.82, 2.24) is 10.2 Å². The van der Waals surface area contributed by atoms with Crippen molar-refractivity contribution in [2.75, 3.05) is 0 Å². The molecule has 6 heteroatoms. The van der Waals surface area contributed by atoms with Crippen molar-refractivity contribution in [1.29, 1.82) is 0 Å². The summed E-state index contributed by atoms with van der Waals surface area (Å²) in [7, 11) is 0. The molecule has 102 valence electrons. The highest BCUT2D eigenvalue weighted by atomic mass is 32.1. The molecule has 1 N–H and O–H groups in total. The predicted molar refractivity (Wildman–Crippen MR) is 72.1 cm³/mol. The van der Waals surface area contributed by atoms with Crippen LogP contribution in [-0.4, -0.2) is 21.3 Å². The van der Waals surface area contributed by atoms with Gasteiger partial charge in [0.25, 0.3) is 5.89 Å². The van der Waals surface area contributed by atoms with Gasteiger partial charge in [-0.2, -0.15) is 0 Å². The molecule has 0 saturated carbocycles. The third kappa shape index (κ3) is 3.41. The molecule has 5 nitrogen and oxygen atoms in total. The third-order valence-corrected chi connectivity index (χ3v) is 3.79. The van der Waals surface area contributed by atoms with E-state index in [2.05, 4.69) is 10.2 Å². The van der Waals surface area contributed by atoms with Gasteiger partial charge in [0.1, 0.15) is 0 Å². The predicted octanol–water partition coefficient (Wildman–Crippen LogP) is 3.15. The molecule has 2 heterocycles. The van der Waals surface area contributed by atoms with Crippen LogP contribution in [0.3, 0.4) is 0 Å². The summed E-state index contributed by atoms with van der Waals surface area (Å²) >= 11 is 1.55. The monoisotopic (exact) mass is 280 g/mol. The lowest BCUT2D eigenvalue weighted by atomic mass is 9.86. The second kappa shape index (κ2) is 5.13. The number of carbonyl (C=O) groups is 1. The van der Waals surface area contributed by atoms with Gasteiger partial charge in [-0.15, -0.1) is 21.5 Å². The van der Waals surface area contributed by atoms with Crippen LogP contribution in [0.15, 0.2) is 15.9 Å². The van der Waals surface area contributed by atoms with Gasteiger partial charge >= 0.3 is 5.97 Å². The van der Waals surface area contributed by atoms with Gasteiger partial charge in [0.2, 0.25) is 5.89 Å². The van der Waals surface area contributed by atoms with Gasteiger partial charge in [-0.3, -0.25) is 4.79 Å². The van der Waals surface area contributed by atoms with Crippen molar-refractivity contribution in [3.8, 4) is 10.8 Å². The normalized spacial score (nSPS) is 11.7. The van der Waals surface area contributed by atoms with E-state index in [-0.39, 0.29) is 6.42 Å². The maximum Gasteiger partial charge on any atom is 0.303 e. The highest BCUT2D eigenvalue weighted by molar-refractivity contribution is 7.13. The number of rotatable bonds is 5. The molecule has 0 fully saturated rings. The molecule has 0 spiro atoms. The lowest BCUT2D eigenvalue weighted by molar-refractivity contribution is -0.139. The van der Waals surface area contributed by atoms with Crippen molar-refractivity contribution < 1.29 is 14.3 Å². The Morgan fingerprint density at radius 2 is 2.21 bits per heavy atom. The summed E-state index contributed by atoms with van der Waals surface area (Å²) in [5.41, 5.74) is 0.699. The molecule has 19 heavy (non-hydrogen) atoms. The van der Waals surface area contributed by atoms with Crippen molar-refractivity contribution in [3.63, 3.8) is 0 Å². The average molecular weight is 280 g/mol. The highest BCUT2D eigenvalue weighted by Gasteiger charge is 2.25. The summed E-state index contributed by atoms with van der Waals surface area (Å²) in [6.45, 7) is 5.74. The fraction of sp³-hybridized carbons (Fsp3) is 0.462. The van der Waals surface area contributed by atoms with E-state index in [1.54, 1.807) is 11.3 Å². The van der Waals surface area contributed by atoms with Gasteiger partial charge < -0.3 is 9.52 Å². The Labute approximate surface area is 115 Å². The molecule has 0 aliphatic rings. The summed E-state index contributed by atoms with van der Waals surface area (Å²) < 4.78 is 5.62. The van der Waals surface area contributed by atoms with E-state index in [1.165, 1.54) is 0 Å². The fourth-order valence-electron chi connectivity index (χ4n) is 1.89. The van der Waals surface area contributed by atoms with Crippen LogP contribution in [-0.2, 0) is 11.2 Å². The van der Waals surface area contributed by atoms with Crippen LogP contribution in [0.1, 0.15) is 31.7 Å². The first-order chi connectivity index (χ1) is 8.87. The van der Waals surface area contributed by atoms with E-state index in [9.17, 15) is 4.79 Å². The minimum absolute atomic E-state index is 0.0722. The zero-order chi connectivity index (χ0) is 14.0. The number of carboxylic acids is 1. The lowest BCUT2D eigenvalue weighted by Crippen LogP contribution is -2.19. The van der Waals surface area contributed by atoms with Crippen LogP contribution < -0.4 is 0 Å². The van der Waals surface area contributed by atoms with E-state index in [4.69, 9.17) is 9.52 Å². The van der Waals surface area contributed by atoms with Crippen molar-refractivity contribution in [2.45, 2.75) is 33.6 Å². The summed E-state index contributed by atoms with van der Waals surface area (Å²) in [6.07, 6.45) is 0.527. The minimum Gasteiger partial charge on any atom is -0.481 e. The first-order valence-electron chi connectivity index (χ1n) is 5.96. The maximum atomic E-state index is 10.8. The number of hydrogen-bond acceptors (Lipinski definition) is 5. The first-order valence-corrected chi connectivity index (χ1v) is 6.84. The smallest absolute Gasteiger partial charge is 0.303 e. The largest absolute Gasteiger partial charge is 0.481 e. The van der Waals surface area contributed by atoms with Crippen LogP contribution in [0.2, 0.25) is 0 Å². The summed E-state index contributed by atoms with van der Waals surface area (Å²) in [5.74, 6) is 0.168. The zero-order valence-corrected chi connectivity index (χ0v) is 12.0.